The lowest BCUT2D eigenvalue weighted by molar-refractivity contribution is -0.154. The van der Waals surface area contributed by atoms with Crippen molar-refractivity contribution in [3.05, 3.63) is 12.2 Å². The molecule has 0 aliphatic heterocycles. The molecular weight excluding hydrogens is 649 g/mol. The van der Waals surface area contributed by atoms with Gasteiger partial charge in [0, 0.05) is 19.6 Å². The molecule has 2 atom stereocenters. The lowest BCUT2D eigenvalue weighted by Gasteiger charge is -2.20. The largest absolute Gasteiger partial charge is 0.472 e. The van der Waals surface area contributed by atoms with Crippen LogP contribution in [0.15, 0.2) is 12.2 Å². The first-order valence-corrected chi connectivity index (χ1v) is 22.7. The Kier molecular flexibility index (Phi) is 38.8. The van der Waals surface area contributed by atoms with Crippen molar-refractivity contribution in [1.29, 1.82) is 0 Å². The van der Waals surface area contributed by atoms with Crippen LogP contribution in [0.5, 0.6) is 0 Å². The predicted octanol–water partition coefficient (Wildman–Crippen LogP) is 12.3. The monoisotopic (exact) mass is 732 g/mol. The number of hydrogen-bond acceptors (Lipinski definition) is 7. The molecule has 3 N–H and O–H groups in total. The Hall–Kier alpha value is -0.760. The molecular formula is C41H82NO7P. The predicted molar refractivity (Wildman–Crippen MR) is 210 cm³/mol. The van der Waals surface area contributed by atoms with Crippen molar-refractivity contribution < 1.29 is 32.8 Å². The molecule has 0 fully saturated rings. The first-order valence-electron chi connectivity index (χ1n) is 21.2. The van der Waals surface area contributed by atoms with E-state index in [9.17, 15) is 14.3 Å². The highest BCUT2D eigenvalue weighted by atomic mass is 31.2. The Morgan fingerprint density at radius 1 is 0.580 bits per heavy atom. The van der Waals surface area contributed by atoms with Crippen LogP contribution < -0.4 is 5.73 Å². The average Bonchev–Trinajstić information content (AvgIpc) is 3.10. The highest BCUT2D eigenvalue weighted by Crippen LogP contribution is 2.43. The maximum Gasteiger partial charge on any atom is 0.472 e. The van der Waals surface area contributed by atoms with Gasteiger partial charge < -0.3 is 20.1 Å². The van der Waals surface area contributed by atoms with Gasteiger partial charge >= 0.3 is 13.8 Å². The Morgan fingerprint density at radius 3 is 1.52 bits per heavy atom. The van der Waals surface area contributed by atoms with Crippen LogP contribution in [0.4, 0.5) is 0 Å². The van der Waals surface area contributed by atoms with E-state index in [1.54, 1.807) is 0 Å². The second-order valence-corrected chi connectivity index (χ2v) is 15.7. The van der Waals surface area contributed by atoms with Gasteiger partial charge in [0.15, 0.2) is 0 Å². The molecule has 0 aromatic heterocycles. The van der Waals surface area contributed by atoms with Crippen LogP contribution in [0.3, 0.4) is 0 Å². The van der Waals surface area contributed by atoms with Crippen molar-refractivity contribution in [1.82, 2.24) is 0 Å². The summed E-state index contributed by atoms with van der Waals surface area (Å²) in [6.07, 6.45) is 40.8. The summed E-state index contributed by atoms with van der Waals surface area (Å²) in [6, 6.07) is 0. The molecule has 2 unspecified atom stereocenters. The van der Waals surface area contributed by atoms with Crippen molar-refractivity contribution in [3.8, 4) is 0 Å². The Balaban J connectivity index is 3.97. The Labute approximate surface area is 309 Å². The molecule has 0 aliphatic rings. The van der Waals surface area contributed by atoms with Gasteiger partial charge in [-0.3, -0.25) is 13.8 Å². The molecule has 0 spiro atoms. The number of carbonyl (C=O) groups excluding carboxylic acids is 1. The van der Waals surface area contributed by atoms with E-state index in [0.717, 1.165) is 32.1 Å². The van der Waals surface area contributed by atoms with Crippen LogP contribution in [0.2, 0.25) is 0 Å². The molecule has 0 bridgehead atoms. The first kappa shape index (κ1) is 49.2. The zero-order valence-electron chi connectivity index (χ0n) is 32.9. The fraction of sp³-hybridized carbons (Fsp3) is 0.927. The van der Waals surface area contributed by atoms with Gasteiger partial charge in [0.25, 0.3) is 0 Å². The van der Waals surface area contributed by atoms with Crippen LogP contribution in [0.1, 0.15) is 206 Å². The van der Waals surface area contributed by atoms with E-state index in [1.165, 1.54) is 154 Å². The summed E-state index contributed by atoms with van der Waals surface area (Å²) in [7, 11) is -4.27. The fourth-order valence-electron chi connectivity index (χ4n) is 6.04. The van der Waals surface area contributed by atoms with E-state index in [0.29, 0.717) is 13.0 Å². The molecule has 298 valence electrons. The molecule has 8 nitrogen and oxygen atoms in total. The number of hydrogen-bond donors (Lipinski definition) is 2. The summed E-state index contributed by atoms with van der Waals surface area (Å²) in [5.74, 6) is -0.329. The number of rotatable bonds is 41. The lowest BCUT2D eigenvalue weighted by atomic mass is 10.0. The SMILES string of the molecule is CCCC/C=C\CCCCCCCCOCC(COP(=O)(O)OCCN)OC(=O)CCCCCCCCCCCCCCCCCCCCC. The summed E-state index contributed by atoms with van der Waals surface area (Å²) in [5.41, 5.74) is 5.36. The number of phosphoric acid groups is 1. The van der Waals surface area contributed by atoms with E-state index < -0.39 is 13.9 Å². The van der Waals surface area contributed by atoms with E-state index in [1.807, 2.05) is 0 Å². The third-order valence-electron chi connectivity index (χ3n) is 9.18. The number of nitrogens with two attached hydrogens (primary N) is 1. The third kappa shape index (κ3) is 38.5. The van der Waals surface area contributed by atoms with Gasteiger partial charge in [0.2, 0.25) is 0 Å². The highest BCUT2D eigenvalue weighted by molar-refractivity contribution is 7.47. The third-order valence-corrected chi connectivity index (χ3v) is 10.2. The number of esters is 1. The smallest absolute Gasteiger partial charge is 0.457 e. The molecule has 50 heavy (non-hydrogen) atoms. The number of ether oxygens (including phenoxy) is 2. The summed E-state index contributed by atoms with van der Waals surface area (Å²) in [4.78, 5) is 22.4. The second-order valence-electron chi connectivity index (χ2n) is 14.2. The van der Waals surface area contributed by atoms with E-state index in [4.69, 9.17) is 24.3 Å². The zero-order chi connectivity index (χ0) is 36.6. The number of unbranched alkanes of at least 4 members (excludes halogenated alkanes) is 26. The molecule has 0 heterocycles. The van der Waals surface area contributed by atoms with E-state index >= 15 is 0 Å². The Bertz CT molecular complexity index is 782. The van der Waals surface area contributed by atoms with Crippen molar-refractivity contribution >= 4 is 13.8 Å². The second kappa shape index (κ2) is 39.4. The Morgan fingerprint density at radius 2 is 1.02 bits per heavy atom. The van der Waals surface area contributed by atoms with Crippen molar-refractivity contribution in [3.63, 3.8) is 0 Å². The van der Waals surface area contributed by atoms with Crippen molar-refractivity contribution in [2.24, 2.45) is 5.73 Å². The molecule has 0 aliphatic carbocycles. The van der Waals surface area contributed by atoms with Gasteiger partial charge in [-0.1, -0.05) is 180 Å². The van der Waals surface area contributed by atoms with Crippen LogP contribution >= 0.6 is 7.82 Å². The van der Waals surface area contributed by atoms with Gasteiger partial charge in [-0.25, -0.2) is 4.57 Å². The van der Waals surface area contributed by atoms with Crippen molar-refractivity contribution in [2.45, 2.75) is 213 Å². The van der Waals surface area contributed by atoms with Gasteiger partial charge in [-0.2, -0.15) is 0 Å². The molecule has 0 aromatic carbocycles. The molecule has 0 radical (unpaired) electrons. The molecule has 9 heteroatoms. The van der Waals surface area contributed by atoms with Gasteiger partial charge in [-0.05, 0) is 32.1 Å². The standard InChI is InChI=1S/C41H82NO7P/c1-3-5-7-9-11-13-15-17-18-19-20-21-22-23-24-26-28-30-32-34-41(43)49-40(39-48-50(44,45)47-37-35-42)38-46-36-33-31-29-27-25-16-14-12-10-8-6-4-2/h10,12,40H,3-9,11,13-39,42H2,1-2H3,(H,44,45)/b12-10-. The van der Waals surface area contributed by atoms with Crippen LogP contribution in [-0.4, -0.2) is 49.9 Å². The first-order chi connectivity index (χ1) is 24.4. The molecule has 0 saturated carbocycles. The van der Waals surface area contributed by atoms with Crippen LogP contribution in [0.25, 0.3) is 0 Å². The topological polar surface area (TPSA) is 117 Å². The summed E-state index contributed by atoms with van der Waals surface area (Å²) < 4.78 is 33.4. The molecule has 0 aromatic rings. The highest BCUT2D eigenvalue weighted by Gasteiger charge is 2.25. The maximum atomic E-state index is 12.6. The number of phosphoric ester groups is 1. The van der Waals surface area contributed by atoms with Crippen molar-refractivity contribution in [2.75, 3.05) is 33.0 Å². The fourth-order valence-corrected chi connectivity index (χ4v) is 6.80. The average molecular weight is 732 g/mol. The lowest BCUT2D eigenvalue weighted by Crippen LogP contribution is -2.28. The molecule has 0 amide bonds. The normalized spacial score (nSPS) is 13.6. The number of carbonyl (C=O) groups is 1. The van der Waals surface area contributed by atoms with Gasteiger partial charge in [-0.15, -0.1) is 0 Å². The van der Waals surface area contributed by atoms with Crippen LogP contribution in [0, 0.1) is 0 Å². The molecule has 0 saturated heterocycles. The minimum atomic E-state index is -4.27. The van der Waals surface area contributed by atoms with Gasteiger partial charge in [0.05, 0.1) is 19.8 Å². The van der Waals surface area contributed by atoms with Crippen LogP contribution in [-0.2, 0) is 27.9 Å². The van der Waals surface area contributed by atoms with E-state index in [2.05, 4.69) is 26.0 Å². The quantitative estimate of drug-likeness (QED) is 0.0276. The van der Waals surface area contributed by atoms with Gasteiger partial charge in [0.1, 0.15) is 6.10 Å². The summed E-state index contributed by atoms with van der Waals surface area (Å²) >= 11 is 0. The maximum absolute atomic E-state index is 12.6. The minimum Gasteiger partial charge on any atom is -0.457 e. The van der Waals surface area contributed by atoms with E-state index in [-0.39, 0.29) is 32.3 Å². The minimum absolute atomic E-state index is 0.0935. The summed E-state index contributed by atoms with van der Waals surface area (Å²) in [5, 5.41) is 0. The molecule has 0 rings (SSSR count). The number of allylic oxidation sites excluding steroid dienone is 2. The summed E-state index contributed by atoms with van der Waals surface area (Å²) in [6.45, 7) is 4.91. The zero-order valence-corrected chi connectivity index (χ0v) is 33.8.